The molecule has 2 aromatic rings. The molecule has 4 nitrogen and oxygen atoms in total. The van der Waals surface area contributed by atoms with E-state index in [1.54, 1.807) is 38.1 Å². The van der Waals surface area contributed by atoms with E-state index in [0.717, 1.165) is 33.4 Å². The zero-order chi connectivity index (χ0) is 16.6. The van der Waals surface area contributed by atoms with Gasteiger partial charge in [0, 0.05) is 0 Å². The molecule has 0 aliphatic rings. The highest BCUT2D eigenvalue weighted by molar-refractivity contribution is 5.94. The number of hydrogen-bond acceptors (Lipinski definition) is 2. The van der Waals surface area contributed by atoms with E-state index in [2.05, 4.69) is 0 Å². The second kappa shape index (κ2) is 5.64. The molecule has 0 aromatic heterocycles. The van der Waals surface area contributed by atoms with Gasteiger partial charge < -0.3 is 10.2 Å². The summed E-state index contributed by atoms with van der Waals surface area (Å²) in [6.07, 6.45) is 0. The molecule has 0 saturated heterocycles. The van der Waals surface area contributed by atoms with Crippen LogP contribution in [0.2, 0.25) is 0 Å². The first-order valence-electron chi connectivity index (χ1n) is 6.93. The summed E-state index contributed by atoms with van der Waals surface area (Å²) >= 11 is 0. The molecule has 0 spiro atoms. The first-order valence-corrected chi connectivity index (χ1v) is 6.93. The molecule has 22 heavy (non-hydrogen) atoms. The van der Waals surface area contributed by atoms with Crippen LogP contribution >= 0.6 is 0 Å². The van der Waals surface area contributed by atoms with Crippen LogP contribution in [0.3, 0.4) is 0 Å². The Morgan fingerprint density at radius 1 is 0.727 bits per heavy atom. The Labute approximate surface area is 129 Å². The normalized spacial score (nSPS) is 10.5. The molecule has 0 amide bonds. The molecule has 0 heterocycles. The van der Waals surface area contributed by atoms with Crippen LogP contribution in [0.4, 0.5) is 0 Å². The van der Waals surface area contributed by atoms with Crippen LogP contribution in [0.15, 0.2) is 24.3 Å². The summed E-state index contributed by atoms with van der Waals surface area (Å²) in [6.45, 7) is 7.41. The van der Waals surface area contributed by atoms with E-state index in [1.807, 2.05) is 13.8 Å². The predicted molar refractivity (Wildman–Crippen MR) is 84.7 cm³/mol. The zero-order valence-corrected chi connectivity index (χ0v) is 13.0. The first-order chi connectivity index (χ1) is 10.3. The van der Waals surface area contributed by atoms with E-state index in [9.17, 15) is 14.7 Å². The van der Waals surface area contributed by atoms with Gasteiger partial charge in [0.2, 0.25) is 0 Å². The van der Waals surface area contributed by atoms with Gasteiger partial charge in [-0.05, 0) is 73.2 Å². The topological polar surface area (TPSA) is 74.6 Å². The zero-order valence-electron chi connectivity index (χ0n) is 13.0. The number of rotatable bonds is 3. The van der Waals surface area contributed by atoms with Crippen molar-refractivity contribution < 1.29 is 19.8 Å². The quantitative estimate of drug-likeness (QED) is 0.898. The third kappa shape index (κ3) is 2.48. The predicted octanol–water partition coefficient (Wildman–Crippen LogP) is 3.98. The van der Waals surface area contributed by atoms with Crippen LogP contribution in [-0.4, -0.2) is 22.2 Å². The third-order valence-electron chi connectivity index (χ3n) is 4.26. The lowest BCUT2D eigenvalue weighted by molar-refractivity contribution is 0.0685. The maximum Gasteiger partial charge on any atom is 0.336 e. The lowest BCUT2D eigenvalue weighted by Gasteiger charge is -2.19. The Morgan fingerprint density at radius 3 is 1.55 bits per heavy atom. The van der Waals surface area contributed by atoms with Gasteiger partial charge in [-0.25, -0.2) is 9.59 Å². The molecule has 114 valence electrons. The monoisotopic (exact) mass is 298 g/mol. The minimum Gasteiger partial charge on any atom is -0.478 e. The molecule has 4 heteroatoms. The molecule has 0 saturated carbocycles. The van der Waals surface area contributed by atoms with Crippen LogP contribution in [-0.2, 0) is 0 Å². The van der Waals surface area contributed by atoms with Crippen molar-refractivity contribution in [2.45, 2.75) is 27.7 Å². The number of carboxylic acid groups (broad SMARTS) is 2. The summed E-state index contributed by atoms with van der Waals surface area (Å²) < 4.78 is 0. The molecule has 0 bridgehead atoms. The smallest absolute Gasteiger partial charge is 0.336 e. The average Bonchev–Trinajstić information content (AvgIpc) is 2.46. The molecule has 2 N–H and O–H groups in total. The highest BCUT2D eigenvalue weighted by Crippen LogP contribution is 2.34. The fraction of sp³-hybridized carbons (Fsp3) is 0.222. The van der Waals surface area contributed by atoms with E-state index in [-0.39, 0.29) is 5.56 Å². The lowest BCUT2D eigenvalue weighted by Crippen LogP contribution is -2.08. The molecule has 0 atom stereocenters. The summed E-state index contributed by atoms with van der Waals surface area (Å²) in [6, 6.07) is 6.65. The van der Waals surface area contributed by atoms with Gasteiger partial charge in [0.15, 0.2) is 0 Å². The molecule has 2 aromatic carbocycles. The van der Waals surface area contributed by atoms with E-state index in [0.29, 0.717) is 5.56 Å². The summed E-state index contributed by atoms with van der Waals surface area (Å²) in [5, 5.41) is 18.4. The number of carboxylic acids is 2. The largest absolute Gasteiger partial charge is 0.478 e. The molecule has 0 aliphatic heterocycles. The van der Waals surface area contributed by atoms with Gasteiger partial charge >= 0.3 is 11.9 Å². The van der Waals surface area contributed by atoms with Gasteiger partial charge in [-0.3, -0.25) is 0 Å². The average molecular weight is 298 g/mol. The van der Waals surface area contributed by atoms with Crippen molar-refractivity contribution in [1.29, 1.82) is 0 Å². The minimum atomic E-state index is -0.964. The third-order valence-corrected chi connectivity index (χ3v) is 4.26. The van der Waals surface area contributed by atoms with Crippen molar-refractivity contribution in [3.63, 3.8) is 0 Å². The van der Waals surface area contributed by atoms with Crippen molar-refractivity contribution >= 4 is 11.9 Å². The van der Waals surface area contributed by atoms with Crippen LogP contribution in [0.25, 0.3) is 11.1 Å². The lowest BCUT2D eigenvalue weighted by atomic mass is 9.85. The summed E-state index contributed by atoms with van der Waals surface area (Å²) in [7, 11) is 0. The maximum absolute atomic E-state index is 11.4. The van der Waals surface area contributed by atoms with Crippen molar-refractivity contribution in [1.82, 2.24) is 0 Å². The molecular weight excluding hydrogens is 280 g/mol. The molecule has 0 fully saturated rings. The fourth-order valence-corrected chi connectivity index (χ4v) is 2.85. The standard InChI is InChI=1S/C18H18O4/c1-9-11(3)16(18(21)22)12(4)10(2)15(9)13-5-7-14(8-6-13)17(19)20/h5-8H,1-4H3,(H,19,20)(H,21,22). The summed E-state index contributed by atoms with van der Waals surface area (Å²) in [5.74, 6) is -1.89. The maximum atomic E-state index is 11.4. The van der Waals surface area contributed by atoms with Gasteiger partial charge in [0.05, 0.1) is 11.1 Å². The second-order valence-electron chi connectivity index (χ2n) is 5.44. The molecule has 0 radical (unpaired) electrons. The van der Waals surface area contributed by atoms with Crippen molar-refractivity contribution in [3.05, 3.63) is 57.6 Å². The van der Waals surface area contributed by atoms with Crippen molar-refractivity contribution in [3.8, 4) is 11.1 Å². The van der Waals surface area contributed by atoms with E-state index < -0.39 is 11.9 Å². The van der Waals surface area contributed by atoms with Crippen LogP contribution < -0.4 is 0 Å². The summed E-state index contributed by atoms with van der Waals surface area (Å²) in [5.41, 5.74) is 5.74. The van der Waals surface area contributed by atoms with Crippen LogP contribution in [0, 0.1) is 27.7 Å². The van der Waals surface area contributed by atoms with Gasteiger partial charge in [-0.2, -0.15) is 0 Å². The Balaban J connectivity index is 2.71. The van der Waals surface area contributed by atoms with Gasteiger partial charge in [-0.15, -0.1) is 0 Å². The Morgan fingerprint density at radius 2 is 1.18 bits per heavy atom. The van der Waals surface area contributed by atoms with Crippen LogP contribution in [0.5, 0.6) is 0 Å². The summed E-state index contributed by atoms with van der Waals surface area (Å²) in [4.78, 5) is 22.4. The van der Waals surface area contributed by atoms with E-state index in [1.165, 1.54) is 0 Å². The van der Waals surface area contributed by atoms with Gasteiger partial charge in [-0.1, -0.05) is 12.1 Å². The van der Waals surface area contributed by atoms with Crippen molar-refractivity contribution in [2.75, 3.05) is 0 Å². The van der Waals surface area contributed by atoms with Crippen molar-refractivity contribution in [2.24, 2.45) is 0 Å². The Bertz CT molecular complexity index is 742. The molecule has 0 unspecified atom stereocenters. The van der Waals surface area contributed by atoms with Gasteiger partial charge in [0.1, 0.15) is 0 Å². The van der Waals surface area contributed by atoms with Gasteiger partial charge in [0.25, 0.3) is 0 Å². The molecular formula is C18H18O4. The Hall–Kier alpha value is -2.62. The number of carbonyl (C=O) groups is 2. The highest BCUT2D eigenvalue weighted by Gasteiger charge is 2.20. The second-order valence-corrected chi connectivity index (χ2v) is 5.44. The fourth-order valence-electron chi connectivity index (χ4n) is 2.85. The number of aromatic carboxylic acids is 2. The molecule has 2 rings (SSSR count). The van der Waals surface area contributed by atoms with Crippen LogP contribution in [0.1, 0.15) is 43.0 Å². The number of benzene rings is 2. The first kappa shape index (κ1) is 15.8. The van der Waals surface area contributed by atoms with E-state index in [4.69, 9.17) is 5.11 Å². The Kier molecular flexibility index (Phi) is 4.04. The SMILES string of the molecule is Cc1c(C)c(-c2ccc(C(=O)O)cc2)c(C)c(C)c1C(=O)O. The highest BCUT2D eigenvalue weighted by atomic mass is 16.4. The minimum absolute atomic E-state index is 0.231. The molecule has 0 aliphatic carbocycles. The number of hydrogen-bond donors (Lipinski definition) is 2. The van der Waals surface area contributed by atoms with E-state index >= 15 is 0 Å².